The molecule has 0 radical (unpaired) electrons. The van der Waals surface area contributed by atoms with Gasteiger partial charge in [0.25, 0.3) is 0 Å². The Balaban J connectivity index is 0.000000303. The second kappa shape index (κ2) is 11.5. The van der Waals surface area contributed by atoms with Crippen LogP contribution < -0.4 is 0 Å². The molecule has 164 valence electrons. The molecule has 4 aliphatic heterocycles. The van der Waals surface area contributed by atoms with Gasteiger partial charge < -0.3 is 13.1 Å². The van der Waals surface area contributed by atoms with Gasteiger partial charge in [-0.15, -0.1) is 16.1 Å². The van der Waals surface area contributed by atoms with Gasteiger partial charge in [0, 0.05) is 25.2 Å². The number of hydrogen-bond acceptors (Lipinski definition) is 2. The molecular formula is C23H48FeN2Si2+2. The Hall–Kier alpha value is 0.873. The van der Waals surface area contributed by atoms with E-state index in [2.05, 4.69) is 62.2 Å². The summed E-state index contributed by atoms with van der Waals surface area (Å²) in [6.07, 6.45) is 10.5. The predicted octanol–water partition coefficient (Wildman–Crippen LogP) is 5.74. The number of rotatable bonds is 0. The second-order valence-corrected chi connectivity index (χ2v) is 22.2. The number of nitrogens with zero attached hydrogens (tertiary/aromatic N) is 2. The molecular weight excluding hydrogens is 416 g/mol. The van der Waals surface area contributed by atoms with E-state index in [4.69, 9.17) is 0 Å². The minimum absolute atomic E-state index is 0. The zero-order chi connectivity index (χ0) is 20.2. The van der Waals surface area contributed by atoms with E-state index < -0.39 is 16.1 Å². The van der Waals surface area contributed by atoms with Crippen molar-refractivity contribution in [2.45, 2.75) is 96.3 Å². The smallest absolute Gasteiger partial charge is 0.342 e. The van der Waals surface area contributed by atoms with Crippen LogP contribution in [-0.4, -0.2) is 64.2 Å². The van der Waals surface area contributed by atoms with Gasteiger partial charge in [-0.2, -0.15) is 0 Å². The van der Waals surface area contributed by atoms with Crippen molar-refractivity contribution in [1.82, 2.24) is 9.80 Å². The van der Waals surface area contributed by atoms with Crippen molar-refractivity contribution >= 4 is 16.1 Å². The summed E-state index contributed by atoms with van der Waals surface area (Å²) < 4.78 is 0. The fourth-order valence-electron chi connectivity index (χ4n) is 5.25. The number of fused-ring (bicyclic) bond motifs is 6. The van der Waals surface area contributed by atoms with E-state index in [-0.39, 0.29) is 17.1 Å². The Kier molecular flexibility index (Phi) is 11.0. The van der Waals surface area contributed by atoms with E-state index in [9.17, 15) is 0 Å². The van der Waals surface area contributed by atoms with E-state index in [1.54, 1.807) is 6.42 Å². The van der Waals surface area contributed by atoms with Gasteiger partial charge in [-0.25, -0.2) is 0 Å². The molecule has 0 saturated carbocycles. The molecule has 0 aromatic rings. The summed E-state index contributed by atoms with van der Waals surface area (Å²) in [5.41, 5.74) is 0. The van der Waals surface area contributed by atoms with E-state index in [0.717, 1.165) is 23.9 Å². The van der Waals surface area contributed by atoms with Crippen molar-refractivity contribution < 1.29 is 17.1 Å². The summed E-state index contributed by atoms with van der Waals surface area (Å²) in [5.74, 6) is 2.03. The molecule has 0 spiro atoms. The van der Waals surface area contributed by atoms with E-state index >= 15 is 0 Å². The Bertz CT molecular complexity index is 395. The summed E-state index contributed by atoms with van der Waals surface area (Å²) in [6, 6.07) is 1.92. The standard InChI is InChI=1S/C15H26N2.2C4H11Si.Fe/c1-3-7-16-11-13-9-12(14(16)5-1)10-17-8-4-2-6-15(13)17;2*1-5(2,3)4;/h12-15H,1-11H2;2*1H2,2-4H3;/q;2*-1;+4. The third kappa shape index (κ3) is 9.79. The van der Waals surface area contributed by atoms with Gasteiger partial charge >= 0.3 is 17.1 Å². The van der Waals surface area contributed by atoms with Crippen LogP contribution in [-0.2, 0) is 17.1 Å². The Morgan fingerprint density at radius 3 is 1.29 bits per heavy atom. The van der Waals surface area contributed by atoms with Crippen LogP contribution in [0.4, 0.5) is 0 Å². The minimum atomic E-state index is -0.861. The molecule has 4 saturated heterocycles. The SMILES string of the molecule is C1CCN2CC3CC(CN4CCCCC34)C2C1.[CH2-][Si](C)(C)C.[CH2-][Si](C)(C)C.[Fe+4]. The summed E-state index contributed by atoms with van der Waals surface area (Å²) in [6.45, 7) is 26.8. The normalized spacial score (nSPS) is 33.0. The van der Waals surface area contributed by atoms with Crippen LogP contribution in [0.1, 0.15) is 44.9 Å². The molecule has 4 heterocycles. The molecule has 0 aromatic heterocycles. The van der Waals surface area contributed by atoms with Gasteiger partial charge in [-0.1, -0.05) is 52.1 Å². The van der Waals surface area contributed by atoms with E-state index in [1.165, 1.54) is 64.7 Å². The number of hydrogen-bond donors (Lipinski definition) is 0. The first kappa shape index (κ1) is 26.9. The molecule has 28 heavy (non-hydrogen) atoms. The average molecular weight is 465 g/mol. The minimum Gasteiger partial charge on any atom is -0.342 e. The third-order valence-corrected chi connectivity index (χ3v) is 5.96. The monoisotopic (exact) mass is 464 g/mol. The molecule has 4 aliphatic rings. The summed E-state index contributed by atoms with van der Waals surface area (Å²) in [7, 11) is -1.72. The zero-order valence-corrected chi connectivity index (χ0v) is 22.9. The van der Waals surface area contributed by atoms with Gasteiger partial charge in [0.15, 0.2) is 0 Å². The summed E-state index contributed by atoms with van der Waals surface area (Å²) in [4.78, 5) is 5.74. The third-order valence-electron chi connectivity index (χ3n) is 5.96. The van der Waals surface area contributed by atoms with Crippen molar-refractivity contribution in [3.63, 3.8) is 0 Å². The molecule has 0 aliphatic carbocycles. The summed E-state index contributed by atoms with van der Waals surface area (Å²) >= 11 is 0. The topological polar surface area (TPSA) is 6.48 Å². The van der Waals surface area contributed by atoms with Crippen LogP contribution in [0.15, 0.2) is 0 Å². The Morgan fingerprint density at radius 1 is 0.643 bits per heavy atom. The Labute approximate surface area is 190 Å². The molecule has 2 bridgehead atoms. The molecule has 4 rings (SSSR count). The van der Waals surface area contributed by atoms with Crippen LogP contribution in [0.5, 0.6) is 0 Å². The van der Waals surface area contributed by atoms with E-state index in [0.29, 0.717) is 0 Å². The van der Waals surface area contributed by atoms with Gasteiger partial charge in [0.2, 0.25) is 0 Å². The molecule has 0 amide bonds. The fraction of sp³-hybridized carbons (Fsp3) is 0.913. The molecule has 4 unspecified atom stereocenters. The molecule has 5 heteroatoms. The zero-order valence-electron chi connectivity index (χ0n) is 19.7. The van der Waals surface area contributed by atoms with Crippen LogP contribution in [0.3, 0.4) is 0 Å². The summed E-state index contributed by atoms with van der Waals surface area (Å²) in [5, 5.41) is 0. The van der Waals surface area contributed by atoms with Crippen molar-refractivity contribution in [3.05, 3.63) is 13.1 Å². The van der Waals surface area contributed by atoms with Crippen molar-refractivity contribution in [3.8, 4) is 0 Å². The van der Waals surface area contributed by atoms with Gasteiger partial charge in [-0.05, 0) is 57.0 Å². The largest absolute Gasteiger partial charge is 4.00 e. The maximum Gasteiger partial charge on any atom is 4.00 e. The second-order valence-electron chi connectivity index (χ2n) is 12.0. The van der Waals surface area contributed by atoms with E-state index in [1.807, 2.05) is 0 Å². The quantitative estimate of drug-likeness (QED) is 0.333. The van der Waals surface area contributed by atoms with Crippen molar-refractivity contribution in [2.75, 3.05) is 26.2 Å². The fourth-order valence-corrected chi connectivity index (χ4v) is 5.25. The molecule has 4 fully saturated rings. The first-order chi connectivity index (χ1) is 12.4. The maximum atomic E-state index is 3.91. The van der Waals surface area contributed by atoms with Crippen LogP contribution >= 0.6 is 0 Å². The van der Waals surface area contributed by atoms with Crippen LogP contribution in [0.25, 0.3) is 0 Å². The van der Waals surface area contributed by atoms with Crippen molar-refractivity contribution in [1.29, 1.82) is 0 Å². The molecule has 4 atom stereocenters. The van der Waals surface area contributed by atoms with Gasteiger partial charge in [-0.3, -0.25) is 9.80 Å². The van der Waals surface area contributed by atoms with Crippen LogP contribution in [0.2, 0.25) is 39.3 Å². The molecule has 2 nitrogen and oxygen atoms in total. The first-order valence-electron chi connectivity index (χ1n) is 11.6. The molecule has 0 N–H and O–H groups in total. The average Bonchev–Trinajstić information content (AvgIpc) is 2.52. The van der Waals surface area contributed by atoms with Gasteiger partial charge in [0.1, 0.15) is 0 Å². The predicted molar refractivity (Wildman–Crippen MR) is 127 cm³/mol. The van der Waals surface area contributed by atoms with Crippen molar-refractivity contribution in [2.24, 2.45) is 11.8 Å². The van der Waals surface area contributed by atoms with Crippen LogP contribution in [0, 0.1) is 24.9 Å². The first-order valence-corrected chi connectivity index (χ1v) is 19.0. The van der Waals surface area contributed by atoms with Gasteiger partial charge in [0.05, 0.1) is 0 Å². The maximum absolute atomic E-state index is 3.91. The molecule has 0 aromatic carbocycles. The number of piperidine rings is 4. The Morgan fingerprint density at radius 2 is 0.964 bits per heavy atom.